The standard InChI is InChI=1S/3ClH.Cr.Fe/h3*1H;;/q;;;;+3/p-3. The van der Waals surface area contributed by atoms with Crippen LogP contribution >= 0.6 is 30.3 Å². The van der Waals surface area contributed by atoms with Gasteiger partial charge in [-0.1, -0.05) is 0 Å². The monoisotopic (exact) mass is 213 g/mol. The first-order valence-corrected chi connectivity index (χ1v) is 4.96. The van der Waals surface area contributed by atoms with Crippen LogP contribution in [0.25, 0.3) is 0 Å². The first-order valence-electron chi connectivity index (χ1n) is 0.401. The minimum atomic E-state index is -1.33. The van der Waals surface area contributed by atoms with Gasteiger partial charge in [0.2, 0.25) is 0 Å². The van der Waals surface area contributed by atoms with E-state index in [1.807, 2.05) is 0 Å². The second-order valence-electron chi connectivity index (χ2n) is 0.152. The molecule has 0 N–H and O–H groups in total. The second-order valence-corrected chi connectivity index (χ2v) is 5.62. The van der Waals surface area contributed by atoms with Crippen molar-refractivity contribution in [1.82, 2.24) is 0 Å². The van der Waals surface area contributed by atoms with E-state index in [2.05, 4.69) is 0 Å². The average Bonchev–Trinajstić information content (AvgIpc) is 0.811. The maximum absolute atomic E-state index is 4.89. The molecule has 0 spiro atoms. The van der Waals surface area contributed by atoms with Crippen LogP contribution in [0.2, 0.25) is 0 Å². The van der Waals surface area contributed by atoms with Crippen LogP contribution in [0.4, 0.5) is 0 Å². The van der Waals surface area contributed by atoms with Crippen molar-refractivity contribution < 1.29 is 28.5 Å². The molecule has 0 aliphatic rings. The number of rotatable bonds is 0. The molecule has 0 rings (SSSR count). The zero-order valence-corrected chi connectivity index (χ0v) is 6.54. The molecule has 0 bridgehead atoms. The fourth-order valence-corrected chi connectivity index (χ4v) is 0. The number of hydrogen-bond acceptors (Lipinski definition) is 0. The summed E-state index contributed by atoms with van der Waals surface area (Å²) >= 11 is -1.33. The van der Waals surface area contributed by atoms with E-state index in [0.29, 0.717) is 0 Å². The summed E-state index contributed by atoms with van der Waals surface area (Å²) in [6, 6.07) is 0. The first-order chi connectivity index (χ1) is 1.73. The summed E-state index contributed by atoms with van der Waals surface area (Å²) in [4.78, 5) is 0. The van der Waals surface area contributed by atoms with Gasteiger partial charge in [-0.3, -0.25) is 0 Å². The van der Waals surface area contributed by atoms with Crippen molar-refractivity contribution in [3.05, 3.63) is 0 Å². The van der Waals surface area contributed by atoms with Gasteiger partial charge in [-0.05, 0) is 0 Å². The van der Waals surface area contributed by atoms with Crippen LogP contribution in [0.1, 0.15) is 0 Å². The van der Waals surface area contributed by atoms with Gasteiger partial charge >= 0.3 is 41.5 Å². The van der Waals surface area contributed by atoms with Crippen molar-refractivity contribution >= 4 is 30.3 Å². The van der Waals surface area contributed by atoms with E-state index >= 15 is 0 Å². The van der Waals surface area contributed by atoms with E-state index in [1.54, 1.807) is 0 Å². The van der Waals surface area contributed by atoms with Gasteiger partial charge < -0.3 is 0 Å². The average molecular weight is 214 g/mol. The van der Waals surface area contributed by atoms with Gasteiger partial charge in [0.05, 0.1) is 0 Å². The topological polar surface area (TPSA) is 0 Å². The summed E-state index contributed by atoms with van der Waals surface area (Å²) < 4.78 is 0. The van der Waals surface area contributed by atoms with E-state index in [1.165, 1.54) is 0 Å². The molecule has 0 unspecified atom stereocenters. The molecule has 0 saturated carbocycles. The Kier molecular flexibility index (Phi) is 11.9. The van der Waals surface area contributed by atoms with Crippen LogP contribution in [0.15, 0.2) is 0 Å². The SMILES string of the molecule is [Cl][Fe]([Cl])[Cl].[Cr]. The zero-order valence-electron chi connectivity index (χ0n) is 1.90. The molecule has 0 amide bonds. The molecular weight excluding hydrogens is 214 g/mol. The second kappa shape index (κ2) is 5.92. The first kappa shape index (κ1) is 10.0. The van der Waals surface area contributed by atoms with Gasteiger partial charge in [-0.25, -0.2) is 0 Å². The van der Waals surface area contributed by atoms with Crippen LogP contribution in [-0.4, -0.2) is 0 Å². The molecule has 5 heavy (non-hydrogen) atoms. The maximum Gasteiger partial charge on any atom is 0 e. The summed E-state index contributed by atoms with van der Waals surface area (Å²) in [6.07, 6.45) is 0. The predicted molar refractivity (Wildman–Crippen MR) is 17.6 cm³/mol. The molecular formula is Cl3CrFe. The summed E-state index contributed by atoms with van der Waals surface area (Å²) in [5.74, 6) is 0. The van der Waals surface area contributed by atoms with Crippen LogP contribution in [-0.2, 0) is 28.5 Å². The van der Waals surface area contributed by atoms with Gasteiger partial charge in [-0.2, -0.15) is 0 Å². The molecule has 0 heterocycles. The van der Waals surface area contributed by atoms with Gasteiger partial charge in [0.15, 0.2) is 0 Å². The maximum atomic E-state index is 4.89. The van der Waals surface area contributed by atoms with Crippen LogP contribution < -0.4 is 0 Å². The Balaban J connectivity index is 0. The molecule has 0 atom stereocenters. The van der Waals surface area contributed by atoms with Crippen LogP contribution in [0, 0.1) is 0 Å². The fraction of sp³-hybridized carbons (Fsp3) is 0. The number of hydrogen-bond donors (Lipinski definition) is 0. The summed E-state index contributed by atoms with van der Waals surface area (Å²) in [5.41, 5.74) is 0. The van der Waals surface area contributed by atoms with Gasteiger partial charge in [-0.15, -0.1) is 0 Å². The van der Waals surface area contributed by atoms with Gasteiger partial charge in [0.25, 0.3) is 0 Å². The smallest absolute Gasteiger partial charge is 0 e. The molecule has 0 aliphatic heterocycles. The Bertz CT molecular complexity index is 11.6. The molecule has 0 saturated heterocycles. The van der Waals surface area contributed by atoms with Gasteiger partial charge in [0.1, 0.15) is 0 Å². The molecule has 0 fully saturated rings. The zero-order chi connectivity index (χ0) is 3.58. The normalized spacial score (nSPS) is 9.00. The Labute approximate surface area is 58.5 Å². The minimum absolute atomic E-state index is 0. The summed E-state index contributed by atoms with van der Waals surface area (Å²) in [6.45, 7) is 0. The molecule has 5 heteroatoms. The quantitative estimate of drug-likeness (QED) is 0.541. The third kappa shape index (κ3) is 24.7. The Morgan fingerprint density at radius 1 is 1.00 bits per heavy atom. The van der Waals surface area contributed by atoms with Crippen molar-refractivity contribution in [3.63, 3.8) is 0 Å². The van der Waals surface area contributed by atoms with Crippen molar-refractivity contribution in [2.75, 3.05) is 0 Å². The Hall–Kier alpha value is 1.92. The molecule has 0 radical (unpaired) electrons. The van der Waals surface area contributed by atoms with Crippen LogP contribution in [0.5, 0.6) is 0 Å². The van der Waals surface area contributed by atoms with E-state index in [9.17, 15) is 0 Å². The summed E-state index contributed by atoms with van der Waals surface area (Å²) in [5, 5.41) is 0. The van der Waals surface area contributed by atoms with E-state index in [4.69, 9.17) is 30.3 Å². The van der Waals surface area contributed by atoms with E-state index < -0.39 is 11.2 Å². The van der Waals surface area contributed by atoms with Crippen LogP contribution in [0.3, 0.4) is 0 Å². The third-order valence-corrected chi connectivity index (χ3v) is 0. The third-order valence-electron chi connectivity index (χ3n) is 0. The molecule has 0 aromatic carbocycles. The van der Waals surface area contributed by atoms with Crippen molar-refractivity contribution in [3.8, 4) is 0 Å². The Morgan fingerprint density at radius 3 is 1.00 bits per heavy atom. The Morgan fingerprint density at radius 2 is 1.00 bits per heavy atom. The van der Waals surface area contributed by atoms with Crippen molar-refractivity contribution in [1.29, 1.82) is 0 Å². The molecule has 0 aliphatic carbocycles. The largest absolute Gasteiger partial charge is 0 e. The molecule has 0 nitrogen and oxygen atoms in total. The molecule has 35 valence electrons. The van der Waals surface area contributed by atoms with Gasteiger partial charge in [0, 0.05) is 17.4 Å². The molecule has 0 aromatic heterocycles. The van der Waals surface area contributed by atoms with Crippen molar-refractivity contribution in [2.24, 2.45) is 0 Å². The van der Waals surface area contributed by atoms with Crippen molar-refractivity contribution in [2.45, 2.75) is 0 Å². The number of halogens is 3. The minimum Gasteiger partial charge on any atom is 0 e. The fourth-order valence-electron chi connectivity index (χ4n) is 0. The summed E-state index contributed by atoms with van der Waals surface area (Å²) in [7, 11) is 14.7. The van der Waals surface area contributed by atoms with E-state index in [0.717, 1.165) is 0 Å². The molecule has 0 aromatic rings. The predicted octanol–water partition coefficient (Wildman–Crippen LogP) is 2.06. The van der Waals surface area contributed by atoms with E-state index in [-0.39, 0.29) is 17.4 Å².